The fourth-order valence-electron chi connectivity index (χ4n) is 3.69. The summed E-state index contributed by atoms with van der Waals surface area (Å²) in [5.41, 5.74) is 4.19. The van der Waals surface area contributed by atoms with Crippen LogP contribution in [0.3, 0.4) is 0 Å². The van der Waals surface area contributed by atoms with Gasteiger partial charge in [0.15, 0.2) is 0 Å². The number of fused-ring (bicyclic) bond motifs is 1. The zero-order valence-electron chi connectivity index (χ0n) is 22.0. The summed E-state index contributed by atoms with van der Waals surface area (Å²) in [4.78, 5) is 19.4. The highest BCUT2D eigenvalue weighted by molar-refractivity contribution is 9.10. The number of benzene rings is 1. The monoisotopic (exact) mass is 458 g/mol. The lowest BCUT2D eigenvalue weighted by Crippen LogP contribution is -2.28. The first kappa shape index (κ1) is 13.7. The van der Waals surface area contributed by atoms with E-state index in [2.05, 4.69) is 42.5 Å². The Morgan fingerprint density at radius 1 is 1.28 bits per heavy atom. The van der Waals surface area contributed by atoms with Crippen LogP contribution in [0.2, 0.25) is 0 Å². The van der Waals surface area contributed by atoms with Gasteiger partial charge in [-0.15, -0.1) is 0 Å². The Morgan fingerprint density at radius 3 is 2.72 bits per heavy atom. The Bertz CT molecular complexity index is 1270. The molecule has 29 heavy (non-hydrogen) atoms. The van der Waals surface area contributed by atoms with E-state index in [0.29, 0.717) is 0 Å². The lowest BCUT2D eigenvalue weighted by molar-refractivity contribution is 0.0827. The molecule has 3 aromatic rings. The molecule has 0 atom stereocenters. The summed E-state index contributed by atoms with van der Waals surface area (Å²) in [6.45, 7) is -3.72. The number of carbonyl (C=O) groups is 1. The molecule has 5 nitrogen and oxygen atoms in total. The van der Waals surface area contributed by atoms with Crippen LogP contribution in [-0.4, -0.2) is 52.3 Å². The largest absolute Gasteiger partial charge is 0.345 e. The molecule has 0 radical (unpaired) electrons. The molecule has 1 amide bonds. The van der Waals surface area contributed by atoms with E-state index in [1.165, 1.54) is 17.8 Å². The van der Waals surface area contributed by atoms with E-state index in [-0.39, 0.29) is 10.5 Å². The van der Waals surface area contributed by atoms with Gasteiger partial charge in [0.2, 0.25) is 0 Å². The predicted octanol–water partition coefficient (Wildman–Crippen LogP) is 4.33. The number of rotatable bonds is 4. The van der Waals surface area contributed by atoms with Crippen molar-refractivity contribution in [2.45, 2.75) is 13.0 Å². The standard InChI is InChI=1S/C23H25BrN4O/c1-26(2)23(29)18-6-4-16(5-7-18)17-9-12-28(13-10-17)15-19-14-20-21(24)8-11-25-22(20)27(19)3/h4-9,11,14H,10,12-13,15H2,1-3H3/i1D3,2D3. The van der Waals surface area contributed by atoms with Crippen molar-refractivity contribution >= 4 is 38.4 Å². The molecule has 4 rings (SSSR count). The quantitative estimate of drug-likeness (QED) is 0.584. The Hall–Kier alpha value is -2.44. The molecule has 3 heterocycles. The molecule has 0 saturated heterocycles. The van der Waals surface area contributed by atoms with Crippen molar-refractivity contribution in [3.63, 3.8) is 0 Å². The fourth-order valence-corrected chi connectivity index (χ4v) is 4.10. The van der Waals surface area contributed by atoms with E-state index < -0.39 is 19.9 Å². The molecule has 0 saturated carbocycles. The van der Waals surface area contributed by atoms with Crippen LogP contribution in [0.25, 0.3) is 16.6 Å². The molecule has 0 bridgehead atoms. The van der Waals surface area contributed by atoms with Crippen LogP contribution < -0.4 is 0 Å². The van der Waals surface area contributed by atoms with Gasteiger partial charge < -0.3 is 9.47 Å². The number of amides is 1. The Morgan fingerprint density at radius 2 is 2.07 bits per heavy atom. The summed E-state index contributed by atoms with van der Waals surface area (Å²) < 4.78 is 47.8. The molecular formula is C23H25BrN4O. The average molecular weight is 459 g/mol. The molecular weight excluding hydrogens is 428 g/mol. The second kappa shape index (κ2) is 8.13. The maximum absolute atomic E-state index is 12.6. The van der Waals surface area contributed by atoms with Crippen molar-refractivity contribution in [3.8, 4) is 0 Å². The summed E-state index contributed by atoms with van der Waals surface area (Å²) in [6.07, 6.45) is 4.75. The van der Waals surface area contributed by atoms with E-state index in [0.717, 1.165) is 52.7 Å². The third-order valence-electron chi connectivity index (χ3n) is 5.36. The van der Waals surface area contributed by atoms with Crippen molar-refractivity contribution in [1.29, 1.82) is 0 Å². The first-order valence-corrected chi connectivity index (χ1v) is 10.1. The maximum atomic E-state index is 12.6. The van der Waals surface area contributed by atoms with Gasteiger partial charge in [0.25, 0.3) is 5.91 Å². The van der Waals surface area contributed by atoms with Gasteiger partial charge in [-0.3, -0.25) is 9.69 Å². The second-order valence-corrected chi connectivity index (χ2v) is 8.01. The molecule has 0 N–H and O–H groups in total. The van der Waals surface area contributed by atoms with Gasteiger partial charge >= 0.3 is 0 Å². The fraction of sp³-hybridized carbons (Fsp3) is 0.304. The van der Waals surface area contributed by atoms with Crippen molar-refractivity contribution in [3.05, 3.63) is 70.0 Å². The van der Waals surface area contributed by atoms with Gasteiger partial charge in [-0.05, 0) is 57.8 Å². The Labute approximate surface area is 188 Å². The van der Waals surface area contributed by atoms with Gasteiger partial charge in [0, 0.05) is 76.2 Å². The SMILES string of the molecule is [2H]C([2H])([2H])N(C(=O)c1ccc(C2=CCN(Cc3cc4c(Br)ccnc4n3C)CC2)cc1)C([2H])([2H])[2H]. The minimum absolute atomic E-state index is 0.0200. The van der Waals surface area contributed by atoms with E-state index in [1.807, 2.05) is 13.1 Å². The summed E-state index contributed by atoms with van der Waals surface area (Å²) in [5.74, 6) is -1.04. The Balaban J connectivity index is 1.45. The summed E-state index contributed by atoms with van der Waals surface area (Å²) in [5, 5.41) is 1.09. The molecule has 1 aromatic carbocycles. The van der Waals surface area contributed by atoms with Crippen LogP contribution in [0.1, 0.15) is 36.3 Å². The zero-order chi connectivity index (χ0) is 25.5. The molecule has 0 aliphatic carbocycles. The number of pyridine rings is 1. The number of carbonyl (C=O) groups excluding carboxylic acids is 1. The van der Waals surface area contributed by atoms with Crippen molar-refractivity contribution in [2.24, 2.45) is 7.05 Å². The lowest BCUT2D eigenvalue weighted by Gasteiger charge is -2.26. The lowest BCUT2D eigenvalue weighted by atomic mass is 9.98. The topological polar surface area (TPSA) is 41.4 Å². The van der Waals surface area contributed by atoms with Gasteiger partial charge in [-0.1, -0.05) is 18.2 Å². The van der Waals surface area contributed by atoms with Crippen LogP contribution in [0.5, 0.6) is 0 Å². The highest BCUT2D eigenvalue weighted by Crippen LogP contribution is 2.27. The highest BCUT2D eigenvalue weighted by atomic mass is 79.9. The van der Waals surface area contributed by atoms with Crippen molar-refractivity contribution in [1.82, 2.24) is 19.4 Å². The number of hydrogen-bond acceptors (Lipinski definition) is 3. The normalized spacial score (nSPS) is 18.8. The van der Waals surface area contributed by atoms with Crippen molar-refractivity contribution in [2.75, 3.05) is 27.0 Å². The predicted molar refractivity (Wildman–Crippen MR) is 121 cm³/mol. The van der Waals surface area contributed by atoms with Gasteiger partial charge in [-0.2, -0.15) is 0 Å². The summed E-state index contributed by atoms with van der Waals surface area (Å²) >= 11 is 3.59. The average Bonchev–Trinajstić information content (AvgIpc) is 3.09. The van der Waals surface area contributed by atoms with Gasteiger partial charge in [-0.25, -0.2) is 4.98 Å². The smallest absolute Gasteiger partial charge is 0.253 e. The van der Waals surface area contributed by atoms with Crippen LogP contribution in [0.15, 0.2) is 53.1 Å². The first-order valence-electron chi connectivity index (χ1n) is 12.3. The first-order chi connectivity index (χ1) is 16.4. The van der Waals surface area contributed by atoms with Crippen LogP contribution in [0, 0.1) is 0 Å². The molecule has 1 aliphatic rings. The molecule has 0 unspecified atom stereocenters. The second-order valence-electron chi connectivity index (χ2n) is 7.16. The molecule has 6 heteroatoms. The van der Waals surface area contributed by atoms with Crippen LogP contribution >= 0.6 is 15.9 Å². The van der Waals surface area contributed by atoms with Crippen molar-refractivity contribution < 1.29 is 13.0 Å². The van der Waals surface area contributed by atoms with Gasteiger partial charge in [0.05, 0.1) is 0 Å². The molecule has 0 spiro atoms. The Kier molecular flexibility index (Phi) is 3.84. The zero-order valence-corrected chi connectivity index (χ0v) is 17.6. The van der Waals surface area contributed by atoms with E-state index in [1.54, 1.807) is 18.3 Å². The summed E-state index contributed by atoms with van der Waals surface area (Å²) in [6, 6.07) is 10.5. The van der Waals surface area contributed by atoms with Crippen LogP contribution in [0.4, 0.5) is 0 Å². The third-order valence-corrected chi connectivity index (χ3v) is 6.05. The van der Waals surface area contributed by atoms with E-state index in [4.69, 9.17) is 8.22 Å². The number of nitrogens with zero attached hydrogens (tertiary/aromatic N) is 4. The van der Waals surface area contributed by atoms with Crippen LogP contribution in [-0.2, 0) is 13.6 Å². The minimum atomic E-state index is -3.06. The number of hydrogen-bond donors (Lipinski definition) is 0. The van der Waals surface area contributed by atoms with E-state index >= 15 is 0 Å². The summed E-state index contributed by atoms with van der Waals surface area (Å²) in [7, 11) is 2.02. The van der Waals surface area contributed by atoms with E-state index in [9.17, 15) is 4.79 Å². The molecule has 0 fully saturated rings. The highest BCUT2D eigenvalue weighted by Gasteiger charge is 2.17. The molecule has 1 aliphatic heterocycles. The number of aromatic nitrogens is 2. The maximum Gasteiger partial charge on any atom is 0.253 e. The molecule has 150 valence electrons. The molecule has 2 aromatic heterocycles. The third kappa shape index (κ3) is 4.00. The number of aryl methyl sites for hydroxylation is 1. The number of halogens is 1. The minimum Gasteiger partial charge on any atom is -0.345 e. The van der Waals surface area contributed by atoms with Gasteiger partial charge in [0.1, 0.15) is 5.65 Å².